The van der Waals surface area contributed by atoms with Crippen molar-refractivity contribution in [1.82, 2.24) is 4.72 Å². The zero-order valence-corrected chi connectivity index (χ0v) is 13.6. The topological polar surface area (TPSA) is 83.5 Å². The maximum atomic E-state index is 12.2. The Morgan fingerprint density at radius 2 is 1.83 bits per heavy atom. The number of carbonyl (C=O) groups excluding carboxylic acids is 1. The van der Waals surface area contributed by atoms with Crippen LogP contribution in [0.1, 0.15) is 22.8 Å². The van der Waals surface area contributed by atoms with Crippen LogP contribution < -0.4 is 4.72 Å². The summed E-state index contributed by atoms with van der Waals surface area (Å²) in [6.07, 6.45) is -0.472. The molecule has 0 aliphatic rings. The second-order valence-electron chi connectivity index (χ2n) is 5.28. The van der Waals surface area contributed by atoms with Crippen LogP contribution in [-0.4, -0.2) is 32.0 Å². The summed E-state index contributed by atoms with van der Waals surface area (Å²) in [6.45, 7) is 1.28. The Kier molecular flexibility index (Phi) is 5.65. The lowest BCUT2D eigenvalue weighted by atomic mass is 10.1. The van der Waals surface area contributed by atoms with Crippen LogP contribution >= 0.6 is 0 Å². The molecule has 2 rings (SSSR count). The number of hydrogen-bond acceptors (Lipinski definition) is 4. The fraction of sp³-hybridized carbons (Fsp3) is 0.235. The summed E-state index contributed by atoms with van der Waals surface area (Å²) < 4.78 is 26.8. The van der Waals surface area contributed by atoms with Gasteiger partial charge in [0.15, 0.2) is 5.78 Å². The number of ketones is 1. The van der Waals surface area contributed by atoms with E-state index in [1.807, 2.05) is 30.3 Å². The van der Waals surface area contributed by atoms with Gasteiger partial charge in [0, 0.05) is 12.1 Å². The molecule has 5 nitrogen and oxygen atoms in total. The number of carbonyl (C=O) groups is 1. The quantitative estimate of drug-likeness (QED) is 0.757. The van der Waals surface area contributed by atoms with Gasteiger partial charge < -0.3 is 5.11 Å². The molecule has 0 saturated carbocycles. The second-order valence-corrected chi connectivity index (χ2v) is 7.05. The first-order chi connectivity index (χ1) is 10.9. The smallest absolute Gasteiger partial charge is 0.240 e. The molecule has 0 aliphatic heterocycles. The SMILES string of the molecule is CC(=O)c1cccc(S(=O)(=O)NCC(O)Cc2ccccc2)c1. The maximum absolute atomic E-state index is 12.2. The van der Waals surface area contributed by atoms with Crippen molar-refractivity contribution in [1.29, 1.82) is 0 Å². The molecule has 0 bridgehead atoms. The first-order valence-corrected chi connectivity index (χ1v) is 8.69. The summed E-state index contributed by atoms with van der Waals surface area (Å²) in [7, 11) is -3.77. The first kappa shape index (κ1) is 17.3. The molecule has 2 aromatic carbocycles. The van der Waals surface area contributed by atoms with Crippen LogP contribution in [0.3, 0.4) is 0 Å². The number of aliphatic hydroxyl groups excluding tert-OH is 1. The van der Waals surface area contributed by atoms with E-state index in [1.54, 1.807) is 6.07 Å². The predicted molar refractivity (Wildman–Crippen MR) is 87.8 cm³/mol. The van der Waals surface area contributed by atoms with Gasteiger partial charge in [0.1, 0.15) is 0 Å². The third-order valence-corrected chi connectivity index (χ3v) is 4.80. The highest BCUT2D eigenvalue weighted by Crippen LogP contribution is 2.12. The minimum atomic E-state index is -3.77. The first-order valence-electron chi connectivity index (χ1n) is 7.21. The Morgan fingerprint density at radius 3 is 2.48 bits per heavy atom. The van der Waals surface area contributed by atoms with E-state index in [4.69, 9.17) is 0 Å². The molecule has 2 N–H and O–H groups in total. The zero-order valence-electron chi connectivity index (χ0n) is 12.8. The van der Waals surface area contributed by atoms with Crippen molar-refractivity contribution < 1.29 is 18.3 Å². The minimum Gasteiger partial charge on any atom is -0.391 e. The molecule has 6 heteroatoms. The molecule has 1 unspecified atom stereocenters. The van der Waals surface area contributed by atoms with Gasteiger partial charge >= 0.3 is 0 Å². The molecule has 1 atom stereocenters. The lowest BCUT2D eigenvalue weighted by Crippen LogP contribution is -2.33. The fourth-order valence-electron chi connectivity index (χ4n) is 2.13. The zero-order chi connectivity index (χ0) is 16.9. The minimum absolute atomic E-state index is 0.0112. The molecule has 0 aromatic heterocycles. The number of rotatable bonds is 7. The van der Waals surface area contributed by atoms with Crippen molar-refractivity contribution in [2.24, 2.45) is 0 Å². The van der Waals surface area contributed by atoms with Crippen molar-refractivity contribution in [3.05, 3.63) is 65.7 Å². The summed E-state index contributed by atoms with van der Waals surface area (Å²) >= 11 is 0. The Labute approximate surface area is 136 Å². The third-order valence-electron chi connectivity index (χ3n) is 3.37. The number of hydrogen-bond donors (Lipinski definition) is 2. The third kappa shape index (κ3) is 4.99. The Bertz CT molecular complexity index is 772. The summed E-state index contributed by atoms with van der Waals surface area (Å²) in [6, 6.07) is 15.2. The number of benzene rings is 2. The molecule has 2 aromatic rings. The van der Waals surface area contributed by atoms with E-state index in [1.165, 1.54) is 25.1 Å². The van der Waals surface area contributed by atoms with E-state index in [2.05, 4.69) is 4.72 Å². The number of Topliss-reactive ketones (excluding diaryl/α,β-unsaturated/α-hetero) is 1. The van der Waals surface area contributed by atoms with Gasteiger partial charge in [-0.3, -0.25) is 4.79 Å². The monoisotopic (exact) mass is 333 g/mol. The van der Waals surface area contributed by atoms with E-state index < -0.39 is 16.1 Å². The van der Waals surface area contributed by atoms with Gasteiger partial charge in [-0.25, -0.2) is 13.1 Å². The molecule has 0 spiro atoms. The van der Waals surface area contributed by atoms with Gasteiger partial charge in [0.05, 0.1) is 11.0 Å². The van der Waals surface area contributed by atoms with Crippen molar-refractivity contribution in [2.45, 2.75) is 24.3 Å². The predicted octanol–water partition coefficient (Wildman–Crippen LogP) is 1.77. The lowest BCUT2D eigenvalue weighted by Gasteiger charge is -2.13. The van der Waals surface area contributed by atoms with Crippen LogP contribution in [0.15, 0.2) is 59.5 Å². The van der Waals surface area contributed by atoms with Crippen LogP contribution in [0.25, 0.3) is 0 Å². The molecule has 0 aliphatic carbocycles. The molecule has 0 fully saturated rings. The molecule has 0 heterocycles. The summed E-state index contributed by atoms with van der Waals surface area (Å²) in [4.78, 5) is 11.3. The molecular weight excluding hydrogens is 314 g/mol. The van der Waals surface area contributed by atoms with Crippen molar-refractivity contribution in [3.8, 4) is 0 Å². The van der Waals surface area contributed by atoms with Crippen LogP contribution in [0, 0.1) is 0 Å². The Balaban J connectivity index is 2.01. The summed E-state index contributed by atoms with van der Waals surface area (Å²) in [5.41, 5.74) is 1.26. The van der Waals surface area contributed by atoms with Gasteiger partial charge in [-0.05, 0) is 31.0 Å². The van der Waals surface area contributed by atoms with E-state index in [0.29, 0.717) is 12.0 Å². The highest BCUT2D eigenvalue weighted by atomic mass is 32.2. The average Bonchev–Trinajstić information content (AvgIpc) is 2.54. The lowest BCUT2D eigenvalue weighted by molar-refractivity contribution is 0.101. The fourth-order valence-corrected chi connectivity index (χ4v) is 3.25. The largest absolute Gasteiger partial charge is 0.391 e. The van der Waals surface area contributed by atoms with Gasteiger partial charge in [0.25, 0.3) is 0 Å². The van der Waals surface area contributed by atoms with Gasteiger partial charge in [-0.2, -0.15) is 0 Å². The van der Waals surface area contributed by atoms with Crippen LogP contribution in [0.4, 0.5) is 0 Å². The molecule has 0 saturated heterocycles. The van der Waals surface area contributed by atoms with Crippen molar-refractivity contribution in [3.63, 3.8) is 0 Å². The van der Waals surface area contributed by atoms with Gasteiger partial charge in [-0.15, -0.1) is 0 Å². The number of aliphatic hydroxyl groups is 1. The van der Waals surface area contributed by atoms with Crippen molar-refractivity contribution in [2.75, 3.05) is 6.54 Å². The molecule has 0 radical (unpaired) electrons. The molecule has 0 amide bonds. The molecular formula is C17H19NO4S. The van der Waals surface area contributed by atoms with E-state index in [9.17, 15) is 18.3 Å². The highest BCUT2D eigenvalue weighted by molar-refractivity contribution is 7.89. The molecule has 122 valence electrons. The number of nitrogens with one attached hydrogen (secondary N) is 1. The van der Waals surface area contributed by atoms with Crippen LogP contribution in [-0.2, 0) is 16.4 Å². The van der Waals surface area contributed by atoms with Crippen molar-refractivity contribution >= 4 is 15.8 Å². The second kappa shape index (κ2) is 7.50. The van der Waals surface area contributed by atoms with Gasteiger partial charge in [-0.1, -0.05) is 42.5 Å². The summed E-state index contributed by atoms with van der Waals surface area (Å²) in [5, 5.41) is 9.97. The molecule has 23 heavy (non-hydrogen) atoms. The van der Waals surface area contributed by atoms with E-state index >= 15 is 0 Å². The standard InChI is InChI=1S/C17H19NO4S/c1-13(19)15-8-5-9-17(11-15)23(21,22)18-12-16(20)10-14-6-3-2-4-7-14/h2-9,11,16,18,20H,10,12H2,1H3. The van der Waals surface area contributed by atoms with E-state index in [0.717, 1.165) is 5.56 Å². The Morgan fingerprint density at radius 1 is 1.13 bits per heavy atom. The van der Waals surface area contributed by atoms with Gasteiger partial charge in [0.2, 0.25) is 10.0 Å². The normalized spacial score (nSPS) is 12.8. The maximum Gasteiger partial charge on any atom is 0.240 e. The number of sulfonamides is 1. The Hall–Kier alpha value is -2.02. The van der Waals surface area contributed by atoms with Crippen LogP contribution in [0.5, 0.6) is 0 Å². The van der Waals surface area contributed by atoms with Crippen LogP contribution in [0.2, 0.25) is 0 Å². The average molecular weight is 333 g/mol. The van der Waals surface area contributed by atoms with E-state index in [-0.39, 0.29) is 17.2 Å². The summed E-state index contributed by atoms with van der Waals surface area (Å²) in [5.74, 6) is -0.203. The highest BCUT2D eigenvalue weighted by Gasteiger charge is 2.17.